The second-order valence-electron chi connectivity index (χ2n) is 10.8. The predicted octanol–water partition coefficient (Wildman–Crippen LogP) is 10.1. The summed E-state index contributed by atoms with van der Waals surface area (Å²) in [5.74, 6) is 0.713. The van der Waals surface area contributed by atoms with Gasteiger partial charge in [0.15, 0.2) is 0 Å². The Labute approximate surface area is 260 Å². The number of aromatic nitrogens is 2. The maximum Gasteiger partial charge on any atom is 0.121 e. The smallest absolute Gasteiger partial charge is 0.121 e. The number of rotatable bonds is 3. The van der Waals surface area contributed by atoms with E-state index in [1.807, 2.05) is 54.7 Å². The SMILES string of the molecule is Cc1ccc2c(c1)oc1c(-c3nccc4cc(C5CCCC5)ccc34)[c-]ccc12.[Ir].[c-]1ccccc1-c1ccccn1. The van der Waals surface area contributed by atoms with Crippen LogP contribution in [0.1, 0.15) is 42.7 Å². The van der Waals surface area contributed by atoms with Crippen LogP contribution >= 0.6 is 0 Å². The van der Waals surface area contributed by atoms with E-state index in [4.69, 9.17) is 9.40 Å². The molecule has 0 bridgehead atoms. The molecule has 0 unspecified atom stereocenters. The van der Waals surface area contributed by atoms with Crippen molar-refractivity contribution in [1.82, 2.24) is 9.97 Å². The Balaban J connectivity index is 0.000000205. The minimum atomic E-state index is 0. The van der Waals surface area contributed by atoms with E-state index < -0.39 is 0 Å². The van der Waals surface area contributed by atoms with E-state index in [1.165, 1.54) is 42.2 Å². The Morgan fingerprint density at radius 3 is 2.40 bits per heavy atom. The Kier molecular flexibility index (Phi) is 8.28. The van der Waals surface area contributed by atoms with Crippen molar-refractivity contribution in [2.45, 2.75) is 38.5 Å². The van der Waals surface area contributed by atoms with Crippen LogP contribution in [0.3, 0.4) is 0 Å². The minimum absolute atomic E-state index is 0. The van der Waals surface area contributed by atoms with E-state index in [1.54, 1.807) is 6.20 Å². The van der Waals surface area contributed by atoms with E-state index in [0.717, 1.165) is 49.8 Å². The van der Waals surface area contributed by atoms with E-state index >= 15 is 0 Å². The summed E-state index contributed by atoms with van der Waals surface area (Å²) in [5.41, 5.74) is 8.35. The van der Waals surface area contributed by atoms with Crippen LogP contribution in [0.5, 0.6) is 0 Å². The fourth-order valence-corrected chi connectivity index (χ4v) is 6.01. The van der Waals surface area contributed by atoms with Gasteiger partial charge in [-0.2, -0.15) is 0 Å². The molecule has 7 aromatic rings. The molecule has 8 rings (SSSR count). The molecule has 0 atom stereocenters. The van der Waals surface area contributed by atoms with Crippen molar-refractivity contribution in [2.24, 2.45) is 0 Å². The van der Waals surface area contributed by atoms with Gasteiger partial charge in [0.25, 0.3) is 0 Å². The number of hydrogen-bond donors (Lipinski definition) is 0. The Hall–Kier alpha value is -4.11. The molecule has 0 saturated heterocycles. The third-order valence-electron chi connectivity index (χ3n) is 8.09. The summed E-state index contributed by atoms with van der Waals surface area (Å²) in [5, 5.41) is 4.67. The predicted molar refractivity (Wildman–Crippen MR) is 168 cm³/mol. The van der Waals surface area contributed by atoms with Gasteiger partial charge in [-0.3, -0.25) is 0 Å². The fraction of sp³-hybridized carbons (Fsp3) is 0.158. The summed E-state index contributed by atoms with van der Waals surface area (Å²) in [7, 11) is 0. The molecular formula is C38H30IrN2O-2. The first kappa shape index (κ1) is 28.0. The molecule has 1 aliphatic carbocycles. The zero-order chi connectivity index (χ0) is 27.6. The van der Waals surface area contributed by atoms with Gasteiger partial charge in [0.2, 0.25) is 0 Å². The molecule has 3 nitrogen and oxygen atoms in total. The van der Waals surface area contributed by atoms with Crippen LogP contribution < -0.4 is 0 Å². The molecule has 1 fully saturated rings. The summed E-state index contributed by atoms with van der Waals surface area (Å²) in [6.07, 6.45) is 9.04. The van der Waals surface area contributed by atoms with Gasteiger partial charge in [0, 0.05) is 37.9 Å². The van der Waals surface area contributed by atoms with Crippen LogP contribution in [-0.2, 0) is 20.1 Å². The Bertz CT molecular complexity index is 1920. The van der Waals surface area contributed by atoms with E-state index in [-0.39, 0.29) is 20.1 Å². The second-order valence-corrected chi connectivity index (χ2v) is 10.8. The molecule has 4 heteroatoms. The molecule has 1 radical (unpaired) electrons. The van der Waals surface area contributed by atoms with Gasteiger partial charge < -0.3 is 14.4 Å². The van der Waals surface area contributed by atoms with Gasteiger partial charge in [0.1, 0.15) is 5.58 Å². The number of nitrogens with zero attached hydrogens (tertiary/aromatic N) is 2. The average molecular weight is 723 g/mol. The van der Waals surface area contributed by atoms with Crippen molar-refractivity contribution in [2.75, 3.05) is 0 Å². The molecule has 3 aromatic heterocycles. The van der Waals surface area contributed by atoms with Crippen molar-refractivity contribution in [3.63, 3.8) is 0 Å². The topological polar surface area (TPSA) is 38.9 Å². The first-order valence-electron chi connectivity index (χ1n) is 14.4. The van der Waals surface area contributed by atoms with Crippen molar-refractivity contribution >= 4 is 32.7 Å². The molecule has 209 valence electrons. The molecule has 0 spiro atoms. The van der Waals surface area contributed by atoms with E-state index in [0.29, 0.717) is 5.92 Å². The van der Waals surface area contributed by atoms with Crippen LogP contribution in [0.25, 0.3) is 55.2 Å². The van der Waals surface area contributed by atoms with Crippen molar-refractivity contribution in [3.8, 4) is 22.5 Å². The second kappa shape index (κ2) is 12.4. The molecule has 0 amide bonds. The molecule has 1 saturated carbocycles. The number of furan rings is 1. The number of aryl methyl sites for hydroxylation is 1. The number of fused-ring (bicyclic) bond motifs is 4. The molecule has 3 heterocycles. The average Bonchev–Trinajstić information content (AvgIpc) is 3.70. The Morgan fingerprint density at radius 1 is 0.738 bits per heavy atom. The number of hydrogen-bond acceptors (Lipinski definition) is 3. The quantitative estimate of drug-likeness (QED) is 0.171. The van der Waals surface area contributed by atoms with Gasteiger partial charge >= 0.3 is 0 Å². The van der Waals surface area contributed by atoms with E-state index in [2.05, 4.69) is 72.6 Å². The van der Waals surface area contributed by atoms with Crippen LogP contribution in [0.4, 0.5) is 0 Å². The minimum Gasteiger partial charge on any atom is -0.501 e. The zero-order valence-corrected chi connectivity index (χ0v) is 25.8. The van der Waals surface area contributed by atoms with Crippen LogP contribution in [-0.4, -0.2) is 9.97 Å². The van der Waals surface area contributed by atoms with Gasteiger partial charge in [-0.25, -0.2) is 0 Å². The van der Waals surface area contributed by atoms with Crippen LogP contribution in [0.15, 0.2) is 114 Å². The molecule has 0 aliphatic heterocycles. The van der Waals surface area contributed by atoms with Crippen molar-refractivity contribution < 1.29 is 24.5 Å². The zero-order valence-electron chi connectivity index (χ0n) is 23.4. The normalized spacial score (nSPS) is 13.2. The van der Waals surface area contributed by atoms with Gasteiger partial charge in [-0.1, -0.05) is 66.3 Å². The molecule has 42 heavy (non-hydrogen) atoms. The summed E-state index contributed by atoms with van der Waals surface area (Å²) < 4.78 is 6.30. The van der Waals surface area contributed by atoms with Gasteiger partial charge in [-0.05, 0) is 77.2 Å². The van der Waals surface area contributed by atoms with Crippen LogP contribution in [0, 0.1) is 19.1 Å². The first-order valence-corrected chi connectivity index (χ1v) is 14.4. The maximum absolute atomic E-state index is 6.30. The summed E-state index contributed by atoms with van der Waals surface area (Å²) in [6, 6.07) is 39.7. The van der Waals surface area contributed by atoms with E-state index in [9.17, 15) is 0 Å². The molecule has 4 aromatic carbocycles. The van der Waals surface area contributed by atoms with Gasteiger partial charge in [-0.15, -0.1) is 54.1 Å². The number of pyridine rings is 2. The van der Waals surface area contributed by atoms with Gasteiger partial charge in [0.05, 0.1) is 5.58 Å². The molecule has 0 N–H and O–H groups in total. The maximum atomic E-state index is 6.30. The largest absolute Gasteiger partial charge is 0.501 e. The third-order valence-corrected chi connectivity index (χ3v) is 8.09. The standard InChI is InChI=1S/C27H22NO.C11H8N.Ir/c1-17-9-11-22-23-7-4-8-24(27(23)29-25(22)15-17)26-21-12-10-19(18-5-2-3-6-18)16-20(21)13-14-28-26;1-2-6-10(7-3-1)11-8-4-5-9-12-11;/h4,7,9-16,18H,2-3,5-6H2,1H3;1-6,8-9H;/q2*-1;. The molecular weight excluding hydrogens is 693 g/mol. The van der Waals surface area contributed by atoms with Crippen molar-refractivity contribution in [1.29, 1.82) is 0 Å². The number of benzene rings is 4. The monoisotopic (exact) mass is 723 g/mol. The fourth-order valence-electron chi connectivity index (χ4n) is 6.01. The first-order chi connectivity index (χ1) is 20.2. The summed E-state index contributed by atoms with van der Waals surface area (Å²) >= 11 is 0. The van der Waals surface area contributed by atoms with Crippen molar-refractivity contribution in [3.05, 3.63) is 133 Å². The summed E-state index contributed by atoms with van der Waals surface area (Å²) in [6.45, 7) is 2.09. The third kappa shape index (κ3) is 5.53. The summed E-state index contributed by atoms with van der Waals surface area (Å²) in [4.78, 5) is 8.97. The van der Waals surface area contributed by atoms with Crippen LogP contribution in [0.2, 0.25) is 0 Å². The Morgan fingerprint density at radius 2 is 1.60 bits per heavy atom. The molecule has 1 aliphatic rings.